The van der Waals surface area contributed by atoms with Crippen LogP contribution in [0.4, 0.5) is 0 Å². The molecule has 0 rings (SSSR count). The van der Waals surface area contributed by atoms with Crippen molar-refractivity contribution < 1.29 is 19.5 Å². The summed E-state index contributed by atoms with van der Waals surface area (Å²) < 4.78 is 9.93. The molecule has 0 saturated heterocycles. The first-order valence-corrected chi connectivity index (χ1v) is 3.60. The van der Waals surface area contributed by atoms with E-state index in [1.54, 1.807) is 0 Å². The van der Waals surface area contributed by atoms with Gasteiger partial charge in [-0.1, -0.05) is 0 Å². The zero-order chi connectivity index (χ0) is 6.78. The highest BCUT2D eigenvalue weighted by Gasteiger charge is 2.23. The second-order valence-electron chi connectivity index (χ2n) is 1.31. The molecule has 0 amide bonds. The van der Waals surface area contributed by atoms with Crippen LogP contribution in [0.15, 0.2) is 0 Å². The van der Waals surface area contributed by atoms with E-state index < -0.39 is 20.0 Å². The third-order valence-corrected chi connectivity index (χ3v) is 1.59. The average molecular weight is 141 g/mol. The Morgan fingerprint density at radius 2 is 2.00 bits per heavy atom. The van der Waals surface area contributed by atoms with Gasteiger partial charge in [-0.05, 0) is 0 Å². The van der Waals surface area contributed by atoms with Crippen LogP contribution in [0.1, 0.15) is 0 Å². The van der Waals surface area contributed by atoms with Crippen molar-refractivity contribution in [1.29, 1.82) is 0 Å². The lowest BCUT2D eigenvalue weighted by atomic mass is 10.7. The first-order valence-electron chi connectivity index (χ1n) is 1.92. The van der Waals surface area contributed by atoms with Crippen molar-refractivity contribution >= 4 is 7.60 Å². The highest BCUT2D eigenvalue weighted by molar-refractivity contribution is 7.52. The average Bonchev–Trinajstić information content (AvgIpc) is 1.62. The summed E-state index contributed by atoms with van der Waals surface area (Å²) in [5.74, 6) is -1.71. The number of aliphatic hydroxyl groups excluding tert-OH is 1. The van der Waals surface area contributed by atoms with Crippen molar-refractivity contribution in [2.45, 2.75) is 5.85 Å². The molecule has 50 valence electrons. The first kappa shape index (κ1) is 8.07. The lowest BCUT2D eigenvalue weighted by molar-refractivity contribution is 0.208. The molecule has 0 aromatic rings. The third kappa shape index (κ3) is 2.40. The van der Waals surface area contributed by atoms with Gasteiger partial charge in [-0.3, -0.25) is 4.57 Å². The summed E-state index contributed by atoms with van der Waals surface area (Å²) in [6.07, 6.45) is 0. The fourth-order valence-electron chi connectivity index (χ4n) is 0.137. The van der Waals surface area contributed by atoms with Crippen LogP contribution >= 0.6 is 7.60 Å². The summed E-state index contributed by atoms with van der Waals surface area (Å²) in [4.78, 5) is 16.1. The molecule has 0 saturated carbocycles. The minimum absolute atomic E-state index is 0.412. The zero-order valence-corrected chi connectivity index (χ0v) is 4.95. The molecule has 5 N–H and O–H groups in total. The zero-order valence-electron chi connectivity index (χ0n) is 4.06. The highest BCUT2D eigenvalue weighted by Crippen LogP contribution is 2.38. The second kappa shape index (κ2) is 2.57. The van der Waals surface area contributed by atoms with Crippen molar-refractivity contribution in [2.24, 2.45) is 5.73 Å². The van der Waals surface area contributed by atoms with E-state index in [2.05, 4.69) is 0 Å². The molecule has 0 bridgehead atoms. The van der Waals surface area contributed by atoms with Crippen LogP contribution in [0.25, 0.3) is 0 Å². The molecule has 1 atom stereocenters. The van der Waals surface area contributed by atoms with Gasteiger partial charge in [0.25, 0.3) is 0 Å². The molecule has 0 aliphatic rings. The molecule has 0 fully saturated rings. The fourth-order valence-corrected chi connectivity index (χ4v) is 0.412. The summed E-state index contributed by atoms with van der Waals surface area (Å²) in [5.41, 5.74) is 4.72. The predicted octanol–water partition coefficient (Wildman–Crippen LogP) is -1.56. The lowest BCUT2D eigenvalue weighted by Gasteiger charge is -2.07. The van der Waals surface area contributed by atoms with Crippen LogP contribution < -0.4 is 5.73 Å². The molecule has 0 aliphatic carbocycles. The minimum atomic E-state index is -4.33. The Balaban J connectivity index is 3.82. The smallest absolute Gasteiger partial charge is 0.355 e. The highest BCUT2D eigenvalue weighted by atomic mass is 31.2. The Bertz CT molecular complexity index is 109. The Labute approximate surface area is 46.3 Å². The Morgan fingerprint density at radius 3 is 2.00 bits per heavy atom. The Kier molecular flexibility index (Phi) is 2.59. The molecular formula is C2H8NO4P. The van der Waals surface area contributed by atoms with Crippen LogP contribution in [0.5, 0.6) is 0 Å². The molecule has 0 radical (unpaired) electrons. The van der Waals surface area contributed by atoms with Crippen molar-refractivity contribution in [3.8, 4) is 0 Å². The maximum Gasteiger partial charge on any atom is 0.355 e. The molecule has 6 heteroatoms. The number of hydrogen-bond donors (Lipinski definition) is 4. The van der Waals surface area contributed by atoms with E-state index >= 15 is 0 Å². The van der Waals surface area contributed by atoms with Gasteiger partial charge in [0.1, 0.15) is 0 Å². The largest absolute Gasteiger partial charge is 0.379 e. The maximum absolute atomic E-state index is 9.93. The number of aliphatic hydroxyl groups is 1. The minimum Gasteiger partial charge on any atom is -0.379 e. The summed E-state index contributed by atoms with van der Waals surface area (Å²) in [6, 6.07) is 0. The van der Waals surface area contributed by atoms with Crippen LogP contribution in [-0.4, -0.2) is 27.3 Å². The van der Waals surface area contributed by atoms with E-state index in [9.17, 15) is 4.57 Å². The van der Waals surface area contributed by atoms with Crippen LogP contribution in [0.3, 0.4) is 0 Å². The quantitative estimate of drug-likeness (QED) is 0.348. The molecule has 8 heavy (non-hydrogen) atoms. The van der Waals surface area contributed by atoms with Gasteiger partial charge in [-0.15, -0.1) is 0 Å². The van der Waals surface area contributed by atoms with Gasteiger partial charge in [0.15, 0.2) is 5.85 Å². The predicted molar refractivity (Wildman–Crippen MR) is 27.1 cm³/mol. The first-order chi connectivity index (χ1) is 3.48. The van der Waals surface area contributed by atoms with E-state index in [4.69, 9.17) is 20.6 Å². The monoisotopic (exact) mass is 141 g/mol. The third-order valence-electron chi connectivity index (χ3n) is 0.599. The van der Waals surface area contributed by atoms with E-state index in [0.717, 1.165) is 0 Å². The van der Waals surface area contributed by atoms with Gasteiger partial charge in [0, 0.05) is 6.54 Å². The molecule has 0 aromatic heterocycles. The van der Waals surface area contributed by atoms with Crippen LogP contribution in [0, 0.1) is 0 Å². The van der Waals surface area contributed by atoms with Gasteiger partial charge in [-0.2, -0.15) is 0 Å². The van der Waals surface area contributed by atoms with E-state index in [-0.39, 0.29) is 0 Å². The topological polar surface area (TPSA) is 104 Å². The van der Waals surface area contributed by atoms with Crippen molar-refractivity contribution in [2.75, 3.05) is 6.54 Å². The molecule has 5 nitrogen and oxygen atoms in total. The molecule has 0 aliphatic heterocycles. The van der Waals surface area contributed by atoms with Gasteiger partial charge < -0.3 is 20.6 Å². The van der Waals surface area contributed by atoms with E-state index in [0.29, 0.717) is 0 Å². The van der Waals surface area contributed by atoms with Crippen LogP contribution in [-0.2, 0) is 4.57 Å². The Hall–Kier alpha value is 0.0700. The van der Waals surface area contributed by atoms with Crippen molar-refractivity contribution in [3.05, 3.63) is 0 Å². The van der Waals surface area contributed by atoms with Gasteiger partial charge in [-0.25, -0.2) is 0 Å². The molecule has 0 aromatic carbocycles. The number of rotatable bonds is 2. The molecule has 0 heterocycles. The second-order valence-corrected chi connectivity index (χ2v) is 3.08. The lowest BCUT2D eigenvalue weighted by Crippen LogP contribution is -2.19. The number of hydrogen-bond acceptors (Lipinski definition) is 3. The van der Waals surface area contributed by atoms with Crippen LogP contribution in [0.2, 0.25) is 0 Å². The summed E-state index contributed by atoms with van der Waals surface area (Å²) in [6.45, 7) is -0.412. The molecule has 0 spiro atoms. The van der Waals surface area contributed by atoms with Gasteiger partial charge in [0.2, 0.25) is 0 Å². The van der Waals surface area contributed by atoms with Gasteiger partial charge >= 0.3 is 7.60 Å². The normalized spacial score (nSPS) is 16.0. The van der Waals surface area contributed by atoms with Gasteiger partial charge in [0.05, 0.1) is 0 Å². The SMILES string of the molecule is NC[C@@H](O)P(=O)(O)O. The molecule has 0 unspecified atom stereocenters. The standard InChI is InChI=1S/C2H8NO4P/c3-1-2(4)8(5,6)7/h2,4H,1,3H2,(H2,5,6,7)/t2-/m0/s1. The van der Waals surface area contributed by atoms with E-state index in [1.165, 1.54) is 0 Å². The summed E-state index contributed by atoms with van der Waals surface area (Å²) in [7, 11) is -4.33. The van der Waals surface area contributed by atoms with Crippen molar-refractivity contribution in [1.82, 2.24) is 0 Å². The molecular weight excluding hydrogens is 133 g/mol. The summed E-state index contributed by atoms with van der Waals surface area (Å²) in [5, 5.41) is 8.31. The van der Waals surface area contributed by atoms with Crippen molar-refractivity contribution in [3.63, 3.8) is 0 Å². The fraction of sp³-hybridized carbons (Fsp3) is 1.00. The summed E-state index contributed by atoms with van der Waals surface area (Å²) >= 11 is 0. The maximum atomic E-state index is 9.93. The van der Waals surface area contributed by atoms with E-state index in [1.807, 2.05) is 0 Å². The Morgan fingerprint density at radius 1 is 1.62 bits per heavy atom. The number of nitrogens with two attached hydrogens (primary N) is 1.